The lowest BCUT2D eigenvalue weighted by molar-refractivity contribution is -0.137. The first-order valence-corrected chi connectivity index (χ1v) is 7.91. The first kappa shape index (κ1) is 19.6. The van der Waals surface area contributed by atoms with Gasteiger partial charge in [-0.25, -0.2) is 4.98 Å². The zero-order valence-corrected chi connectivity index (χ0v) is 14.0. The second-order valence-corrected chi connectivity index (χ2v) is 5.88. The summed E-state index contributed by atoms with van der Waals surface area (Å²) in [5, 5.41) is 0. The Bertz CT molecular complexity index is 948. The summed E-state index contributed by atoms with van der Waals surface area (Å²) < 4.78 is 79.9. The van der Waals surface area contributed by atoms with E-state index in [9.17, 15) is 31.1 Å². The molecule has 3 aromatic rings. The fourth-order valence-electron chi connectivity index (χ4n) is 2.80. The molecule has 0 amide bonds. The molecule has 0 bridgehead atoms. The van der Waals surface area contributed by atoms with Crippen LogP contribution in [0, 0.1) is 0 Å². The summed E-state index contributed by atoms with van der Waals surface area (Å²) in [6.07, 6.45) is -9.04. The van der Waals surface area contributed by atoms with E-state index in [-0.39, 0.29) is 28.1 Å². The fourth-order valence-corrected chi connectivity index (χ4v) is 2.80. The van der Waals surface area contributed by atoms with Gasteiger partial charge in [-0.1, -0.05) is 36.4 Å². The number of rotatable bonds is 3. The lowest BCUT2D eigenvalue weighted by atomic mass is 9.99. The van der Waals surface area contributed by atoms with Gasteiger partial charge in [-0.05, 0) is 24.3 Å². The van der Waals surface area contributed by atoms with E-state index in [1.165, 1.54) is 24.3 Å². The predicted molar refractivity (Wildman–Crippen MR) is 90.5 cm³/mol. The van der Waals surface area contributed by atoms with Crippen LogP contribution in [-0.2, 0) is 12.4 Å². The summed E-state index contributed by atoms with van der Waals surface area (Å²) in [5.74, 6) is 0. The highest BCUT2D eigenvalue weighted by atomic mass is 19.4. The molecule has 0 radical (unpaired) electrons. The molecule has 3 rings (SSSR count). The summed E-state index contributed by atoms with van der Waals surface area (Å²) in [7, 11) is 0. The molecule has 28 heavy (non-hydrogen) atoms. The van der Waals surface area contributed by atoms with Crippen molar-refractivity contribution in [3.8, 4) is 22.5 Å². The molecule has 0 saturated carbocycles. The van der Waals surface area contributed by atoms with Gasteiger partial charge in [0.25, 0.3) is 0 Å². The molecule has 0 aliphatic heterocycles. The van der Waals surface area contributed by atoms with Crippen LogP contribution in [0.2, 0.25) is 0 Å². The van der Waals surface area contributed by atoms with Gasteiger partial charge < -0.3 is 0 Å². The number of aromatic nitrogens is 1. The van der Waals surface area contributed by atoms with Crippen LogP contribution >= 0.6 is 0 Å². The topological polar surface area (TPSA) is 30.0 Å². The van der Waals surface area contributed by atoms with Crippen LogP contribution in [0.5, 0.6) is 0 Å². The van der Waals surface area contributed by atoms with Crippen LogP contribution in [0.4, 0.5) is 26.3 Å². The largest absolute Gasteiger partial charge is 0.417 e. The zero-order chi connectivity index (χ0) is 20.5. The van der Waals surface area contributed by atoms with Crippen molar-refractivity contribution in [2.45, 2.75) is 12.4 Å². The molecular weight excluding hydrogens is 384 g/mol. The van der Waals surface area contributed by atoms with E-state index in [1.54, 1.807) is 0 Å². The molecule has 0 saturated heterocycles. The Morgan fingerprint density at radius 3 is 1.43 bits per heavy atom. The number of pyridine rings is 1. The first-order chi connectivity index (χ1) is 13.1. The van der Waals surface area contributed by atoms with Gasteiger partial charge in [-0.15, -0.1) is 0 Å². The highest BCUT2D eigenvalue weighted by Gasteiger charge is 2.35. The molecule has 0 fully saturated rings. The molecule has 2 aromatic carbocycles. The molecule has 0 unspecified atom stereocenters. The molecule has 8 heteroatoms. The third-order valence-electron chi connectivity index (χ3n) is 4.00. The van der Waals surface area contributed by atoms with Crippen molar-refractivity contribution in [2.24, 2.45) is 0 Å². The quantitative estimate of drug-likeness (QED) is 0.387. The average Bonchev–Trinajstić information content (AvgIpc) is 2.66. The number of hydrogen-bond donors (Lipinski definition) is 0. The van der Waals surface area contributed by atoms with Crippen LogP contribution in [0.1, 0.15) is 21.5 Å². The summed E-state index contributed by atoms with van der Waals surface area (Å²) in [5.41, 5.74) is -3.24. The van der Waals surface area contributed by atoms with Crippen molar-refractivity contribution in [1.82, 2.24) is 4.98 Å². The minimum Gasteiger partial charge on any atom is -0.298 e. The monoisotopic (exact) mass is 395 g/mol. The molecule has 2 nitrogen and oxygen atoms in total. The Balaban J connectivity index is 2.27. The smallest absolute Gasteiger partial charge is 0.298 e. The van der Waals surface area contributed by atoms with Gasteiger partial charge >= 0.3 is 12.4 Å². The van der Waals surface area contributed by atoms with Gasteiger partial charge in [-0.3, -0.25) is 4.79 Å². The van der Waals surface area contributed by atoms with E-state index in [1.807, 2.05) is 0 Å². The van der Waals surface area contributed by atoms with E-state index in [4.69, 9.17) is 0 Å². The van der Waals surface area contributed by atoms with Crippen molar-refractivity contribution in [3.63, 3.8) is 0 Å². The molecule has 0 aliphatic carbocycles. The molecule has 144 valence electrons. The maximum Gasteiger partial charge on any atom is 0.417 e. The standard InChI is InChI=1S/C20H11F6NO/c21-19(22,23)15-7-3-1-5-13(15)17-9-12(11-28)10-18(27-17)14-6-2-4-8-16(14)20(24,25)26/h1-11H. The van der Waals surface area contributed by atoms with Gasteiger partial charge in [0.15, 0.2) is 0 Å². The average molecular weight is 395 g/mol. The molecule has 0 aliphatic rings. The maximum atomic E-state index is 13.3. The lowest BCUT2D eigenvalue weighted by Crippen LogP contribution is -2.09. The van der Waals surface area contributed by atoms with E-state index in [2.05, 4.69) is 4.98 Å². The number of halogens is 6. The number of nitrogens with zero attached hydrogens (tertiary/aromatic N) is 1. The highest BCUT2D eigenvalue weighted by Crippen LogP contribution is 2.39. The maximum absolute atomic E-state index is 13.3. The Morgan fingerprint density at radius 1 is 0.679 bits per heavy atom. The summed E-state index contributed by atoms with van der Waals surface area (Å²) in [6.45, 7) is 0. The van der Waals surface area contributed by atoms with Gasteiger partial charge in [-0.2, -0.15) is 26.3 Å². The van der Waals surface area contributed by atoms with Gasteiger partial charge in [0.2, 0.25) is 0 Å². The minimum absolute atomic E-state index is 0.0889. The van der Waals surface area contributed by atoms with Gasteiger partial charge in [0.1, 0.15) is 6.29 Å². The zero-order valence-electron chi connectivity index (χ0n) is 14.0. The Labute approximate surface area is 155 Å². The second-order valence-electron chi connectivity index (χ2n) is 5.88. The minimum atomic E-state index is -4.69. The van der Waals surface area contributed by atoms with Crippen LogP contribution in [-0.4, -0.2) is 11.3 Å². The van der Waals surface area contributed by atoms with E-state index >= 15 is 0 Å². The first-order valence-electron chi connectivity index (χ1n) is 7.91. The van der Waals surface area contributed by atoms with E-state index in [0.29, 0.717) is 6.29 Å². The third kappa shape index (κ3) is 3.90. The van der Waals surface area contributed by atoms with E-state index < -0.39 is 23.5 Å². The Morgan fingerprint density at radius 2 is 1.07 bits per heavy atom. The van der Waals surface area contributed by atoms with Crippen LogP contribution in [0.25, 0.3) is 22.5 Å². The Kier molecular flexibility index (Phi) is 4.97. The molecule has 0 N–H and O–H groups in total. The van der Waals surface area contributed by atoms with Crippen molar-refractivity contribution in [1.29, 1.82) is 0 Å². The highest BCUT2D eigenvalue weighted by molar-refractivity contribution is 5.82. The molecular formula is C20H11F6NO. The second kappa shape index (κ2) is 7.10. The summed E-state index contributed by atoms with van der Waals surface area (Å²) >= 11 is 0. The van der Waals surface area contributed by atoms with Crippen LogP contribution in [0.15, 0.2) is 60.7 Å². The summed E-state index contributed by atoms with van der Waals surface area (Å²) in [4.78, 5) is 15.3. The molecule has 0 spiro atoms. The number of alkyl halides is 6. The number of carbonyl (C=O) groups excluding carboxylic acids is 1. The Hall–Kier alpha value is -3.16. The predicted octanol–water partition coefficient (Wildman–Crippen LogP) is 6.27. The molecule has 0 atom stereocenters. The van der Waals surface area contributed by atoms with Crippen molar-refractivity contribution in [3.05, 3.63) is 77.4 Å². The number of aldehydes is 1. The van der Waals surface area contributed by atoms with Crippen molar-refractivity contribution >= 4 is 6.29 Å². The molecule has 1 aromatic heterocycles. The van der Waals surface area contributed by atoms with Gasteiger partial charge in [0.05, 0.1) is 22.5 Å². The lowest BCUT2D eigenvalue weighted by Gasteiger charge is -2.15. The number of hydrogen-bond acceptors (Lipinski definition) is 2. The fraction of sp³-hybridized carbons (Fsp3) is 0.100. The van der Waals surface area contributed by atoms with Crippen LogP contribution in [0.3, 0.4) is 0 Å². The van der Waals surface area contributed by atoms with Crippen molar-refractivity contribution < 1.29 is 31.1 Å². The number of benzene rings is 2. The van der Waals surface area contributed by atoms with Gasteiger partial charge in [0, 0.05) is 16.7 Å². The van der Waals surface area contributed by atoms with E-state index in [0.717, 1.165) is 36.4 Å². The summed E-state index contributed by atoms with van der Waals surface area (Å²) in [6, 6.07) is 11.3. The van der Waals surface area contributed by atoms with Crippen molar-refractivity contribution in [2.75, 3.05) is 0 Å². The molecule has 1 heterocycles. The number of carbonyl (C=O) groups is 1. The SMILES string of the molecule is O=Cc1cc(-c2ccccc2C(F)(F)F)nc(-c2ccccc2C(F)(F)F)c1. The third-order valence-corrected chi connectivity index (χ3v) is 4.00. The normalized spacial score (nSPS) is 12.1. The van der Waals surface area contributed by atoms with Crippen LogP contribution < -0.4 is 0 Å².